The van der Waals surface area contributed by atoms with Crippen molar-refractivity contribution in [1.29, 1.82) is 0 Å². The van der Waals surface area contributed by atoms with Crippen LogP contribution in [-0.2, 0) is 17.9 Å². The van der Waals surface area contributed by atoms with Crippen molar-refractivity contribution in [2.75, 3.05) is 17.7 Å². The predicted octanol–water partition coefficient (Wildman–Crippen LogP) is 3.42. The molecular formula is C28H26N4O4. The summed E-state index contributed by atoms with van der Waals surface area (Å²) in [5, 5.41) is 0. The lowest BCUT2D eigenvalue weighted by Gasteiger charge is -2.23. The fraction of sp³-hybridized carbons (Fsp3) is 0.107. The Morgan fingerprint density at radius 3 is 2.22 bits per heavy atom. The highest BCUT2D eigenvalue weighted by atomic mass is 16.5. The lowest BCUT2D eigenvalue weighted by molar-refractivity contribution is -0.114. The van der Waals surface area contributed by atoms with E-state index in [0.717, 1.165) is 11.1 Å². The SMILES string of the molecule is COc1ccccc1/C=C/C(=O)N(Cc1ccccc1)c1c(N)n(Cc2ccccc2)c(=O)[nH]c1=O. The lowest BCUT2D eigenvalue weighted by atomic mass is 10.1. The van der Waals surface area contributed by atoms with Gasteiger partial charge in [-0.15, -0.1) is 0 Å². The molecule has 1 amide bonds. The highest BCUT2D eigenvalue weighted by molar-refractivity contribution is 6.05. The van der Waals surface area contributed by atoms with Crippen molar-refractivity contribution >= 4 is 23.5 Å². The number of benzene rings is 3. The number of carbonyl (C=O) groups excluding carboxylic acids is 1. The molecule has 3 aromatic carbocycles. The van der Waals surface area contributed by atoms with E-state index in [4.69, 9.17) is 10.5 Å². The minimum atomic E-state index is -0.739. The molecule has 4 aromatic rings. The number of nitrogens with zero attached hydrogens (tertiary/aromatic N) is 2. The molecule has 1 heterocycles. The number of hydrogen-bond acceptors (Lipinski definition) is 5. The first-order chi connectivity index (χ1) is 17.5. The van der Waals surface area contributed by atoms with Crippen LogP contribution in [0.25, 0.3) is 6.08 Å². The third kappa shape index (κ3) is 5.44. The van der Waals surface area contributed by atoms with Crippen molar-refractivity contribution in [2.45, 2.75) is 13.1 Å². The van der Waals surface area contributed by atoms with Crippen LogP contribution in [0.5, 0.6) is 5.75 Å². The van der Waals surface area contributed by atoms with Crippen LogP contribution in [0.4, 0.5) is 11.5 Å². The maximum Gasteiger partial charge on any atom is 0.330 e. The van der Waals surface area contributed by atoms with E-state index < -0.39 is 17.2 Å². The van der Waals surface area contributed by atoms with Crippen LogP contribution in [0.2, 0.25) is 0 Å². The van der Waals surface area contributed by atoms with E-state index >= 15 is 0 Å². The highest BCUT2D eigenvalue weighted by Crippen LogP contribution is 2.23. The number of hydrogen-bond donors (Lipinski definition) is 2. The lowest BCUT2D eigenvalue weighted by Crippen LogP contribution is -2.40. The van der Waals surface area contributed by atoms with Gasteiger partial charge in [-0.25, -0.2) is 4.79 Å². The van der Waals surface area contributed by atoms with Gasteiger partial charge in [0.25, 0.3) is 11.5 Å². The number of aromatic amines is 1. The van der Waals surface area contributed by atoms with Crippen LogP contribution in [0, 0.1) is 0 Å². The fourth-order valence-electron chi connectivity index (χ4n) is 3.85. The van der Waals surface area contributed by atoms with Gasteiger partial charge in [0.1, 0.15) is 11.6 Å². The molecule has 0 aliphatic heterocycles. The largest absolute Gasteiger partial charge is 0.496 e. The zero-order valence-corrected chi connectivity index (χ0v) is 19.8. The Balaban J connectivity index is 1.78. The molecule has 0 saturated heterocycles. The Bertz CT molecular complexity index is 1490. The average molecular weight is 483 g/mol. The summed E-state index contributed by atoms with van der Waals surface area (Å²) in [6, 6.07) is 25.7. The quantitative estimate of drug-likeness (QED) is 0.374. The van der Waals surface area contributed by atoms with E-state index in [-0.39, 0.29) is 24.6 Å². The van der Waals surface area contributed by atoms with Crippen molar-refractivity contribution in [3.8, 4) is 5.75 Å². The maximum atomic E-state index is 13.5. The number of nitrogens with one attached hydrogen (secondary N) is 1. The van der Waals surface area contributed by atoms with Crippen LogP contribution in [0.15, 0.2) is 101 Å². The number of rotatable bonds is 8. The number of para-hydroxylation sites is 1. The Hall–Kier alpha value is -4.85. The van der Waals surface area contributed by atoms with Gasteiger partial charge in [0.05, 0.1) is 20.2 Å². The van der Waals surface area contributed by atoms with Gasteiger partial charge >= 0.3 is 5.69 Å². The molecule has 0 aliphatic rings. The summed E-state index contributed by atoms with van der Waals surface area (Å²) in [7, 11) is 1.55. The summed E-state index contributed by atoms with van der Waals surface area (Å²) in [5.41, 5.74) is 7.21. The van der Waals surface area contributed by atoms with E-state index in [1.54, 1.807) is 19.3 Å². The van der Waals surface area contributed by atoms with E-state index in [1.807, 2.05) is 78.9 Å². The highest BCUT2D eigenvalue weighted by Gasteiger charge is 2.23. The number of aromatic nitrogens is 2. The van der Waals surface area contributed by atoms with E-state index in [0.29, 0.717) is 11.3 Å². The van der Waals surface area contributed by atoms with Gasteiger partial charge in [0, 0.05) is 11.6 Å². The van der Waals surface area contributed by atoms with Crippen molar-refractivity contribution < 1.29 is 9.53 Å². The first-order valence-corrected chi connectivity index (χ1v) is 11.3. The minimum absolute atomic E-state index is 0.0761. The smallest absolute Gasteiger partial charge is 0.330 e. The van der Waals surface area contributed by atoms with Crippen molar-refractivity contribution in [3.63, 3.8) is 0 Å². The second kappa shape index (κ2) is 11.1. The molecule has 0 bridgehead atoms. The molecule has 0 radical (unpaired) electrons. The topological polar surface area (TPSA) is 110 Å². The van der Waals surface area contributed by atoms with Crippen LogP contribution in [-0.4, -0.2) is 22.6 Å². The normalized spacial score (nSPS) is 10.9. The van der Waals surface area contributed by atoms with Crippen LogP contribution in [0.1, 0.15) is 16.7 Å². The summed E-state index contributed by atoms with van der Waals surface area (Å²) >= 11 is 0. The number of amides is 1. The van der Waals surface area contributed by atoms with Crippen molar-refractivity contribution in [2.24, 2.45) is 0 Å². The number of nitrogen functional groups attached to an aromatic ring is 1. The summed E-state index contributed by atoms with van der Waals surface area (Å²) in [4.78, 5) is 42.7. The molecule has 3 N–H and O–H groups in total. The molecule has 0 unspecified atom stereocenters. The first kappa shape index (κ1) is 24.3. The van der Waals surface area contributed by atoms with Gasteiger partial charge in [0.15, 0.2) is 5.69 Å². The summed E-state index contributed by atoms with van der Waals surface area (Å²) in [6.45, 7) is 0.215. The number of ether oxygens (including phenoxy) is 1. The van der Waals surface area contributed by atoms with E-state index in [1.165, 1.54) is 15.5 Å². The zero-order chi connectivity index (χ0) is 25.5. The Kier molecular flexibility index (Phi) is 7.45. The summed E-state index contributed by atoms with van der Waals surface area (Å²) in [5.74, 6) is 0.0272. The Labute approximate surface area is 207 Å². The average Bonchev–Trinajstić information content (AvgIpc) is 2.90. The Morgan fingerprint density at radius 1 is 0.944 bits per heavy atom. The van der Waals surface area contributed by atoms with E-state index in [2.05, 4.69) is 4.98 Å². The van der Waals surface area contributed by atoms with Gasteiger partial charge in [-0.3, -0.25) is 24.0 Å². The molecule has 182 valence electrons. The molecule has 8 heteroatoms. The van der Waals surface area contributed by atoms with Gasteiger partial charge in [-0.2, -0.15) is 0 Å². The van der Waals surface area contributed by atoms with Gasteiger partial charge in [-0.1, -0.05) is 78.9 Å². The zero-order valence-electron chi connectivity index (χ0n) is 19.8. The van der Waals surface area contributed by atoms with Gasteiger partial charge in [0.2, 0.25) is 0 Å². The summed E-state index contributed by atoms with van der Waals surface area (Å²) in [6.07, 6.45) is 2.97. The van der Waals surface area contributed by atoms with Gasteiger partial charge in [-0.05, 0) is 23.3 Å². The summed E-state index contributed by atoms with van der Waals surface area (Å²) < 4.78 is 6.60. The molecule has 0 fully saturated rings. The second-order valence-corrected chi connectivity index (χ2v) is 8.05. The third-order valence-electron chi connectivity index (χ3n) is 5.66. The number of H-pyrrole nitrogens is 1. The predicted molar refractivity (Wildman–Crippen MR) is 141 cm³/mol. The number of methoxy groups -OCH3 is 1. The van der Waals surface area contributed by atoms with Crippen molar-refractivity contribution in [1.82, 2.24) is 9.55 Å². The number of carbonyl (C=O) groups is 1. The molecule has 0 aliphatic carbocycles. The van der Waals surface area contributed by atoms with Crippen LogP contribution >= 0.6 is 0 Å². The molecular weight excluding hydrogens is 456 g/mol. The maximum absolute atomic E-state index is 13.5. The number of anilines is 2. The third-order valence-corrected chi connectivity index (χ3v) is 5.66. The molecule has 8 nitrogen and oxygen atoms in total. The molecule has 0 spiro atoms. The van der Waals surface area contributed by atoms with E-state index in [9.17, 15) is 14.4 Å². The Morgan fingerprint density at radius 2 is 1.56 bits per heavy atom. The van der Waals surface area contributed by atoms with Crippen LogP contribution < -0.4 is 26.6 Å². The molecule has 4 rings (SSSR count). The number of nitrogens with two attached hydrogens (primary N) is 1. The molecule has 0 saturated carbocycles. The van der Waals surface area contributed by atoms with Crippen molar-refractivity contribution in [3.05, 3.63) is 129 Å². The molecule has 1 aromatic heterocycles. The molecule has 0 atom stereocenters. The molecule has 36 heavy (non-hydrogen) atoms. The first-order valence-electron chi connectivity index (χ1n) is 11.3. The standard InChI is InChI=1S/C28H26N4O4/c1-36-23-15-9-8-14-22(23)16-17-24(33)31(18-20-10-4-2-5-11-20)25-26(29)32(28(35)30-27(25)34)19-21-12-6-3-7-13-21/h2-17H,18-19,29H2,1H3,(H,30,34,35)/b17-16+. The second-order valence-electron chi connectivity index (χ2n) is 8.05. The fourth-order valence-corrected chi connectivity index (χ4v) is 3.85. The van der Waals surface area contributed by atoms with Crippen LogP contribution in [0.3, 0.4) is 0 Å². The van der Waals surface area contributed by atoms with Gasteiger partial charge < -0.3 is 10.5 Å². The minimum Gasteiger partial charge on any atom is -0.496 e. The monoisotopic (exact) mass is 482 g/mol.